The zero-order valence-corrected chi connectivity index (χ0v) is 14.4. The Balaban J connectivity index is 1.75. The highest BCUT2D eigenvalue weighted by Gasteiger charge is 2.09. The Bertz CT molecular complexity index is 968. The van der Waals surface area contributed by atoms with Crippen molar-refractivity contribution in [2.75, 3.05) is 13.7 Å². The number of hydrogen-bond donors (Lipinski definition) is 2. The van der Waals surface area contributed by atoms with Gasteiger partial charge < -0.3 is 15.0 Å². The normalized spacial score (nSPS) is 10.6. The largest absolute Gasteiger partial charge is 0.495 e. The van der Waals surface area contributed by atoms with Crippen molar-refractivity contribution in [1.82, 2.24) is 10.3 Å². The summed E-state index contributed by atoms with van der Waals surface area (Å²) in [7, 11) is 1.54. The molecule has 0 unspecified atom stereocenters. The fourth-order valence-corrected chi connectivity index (χ4v) is 2.84. The summed E-state index contributed by atoms with van der Waals surface area (Å²) in [6.07, 6.45) is 0.425. The minimum Gasteiger partial charge on any atom is -0.495 e. The van der Waals surface area contributed by atoms with Gasteiger partial charge in [0.05, 0.1) is 17.6 Å². The molecule has 0 aliphatic heterocycles. The number of carbonyl (C=O) groups excluding carboxylic acids is 1. The van der Waals surface area contributed by atoms with E-state index in [1.54, 1.807) is 37.4 Å². The number of benzene rings is 2. The number of pyridine rings is 1. The molecule has 3 aromatic rings. The third-order valence-electron chi connectivity index (χ3n) is 3.91. The fourth-order valence-electron chi connectivity index (χ4n) is 2.60. The van der Waals surface area contributed by atoms with Crippen LogP contribution < -0.4 is 15.6 Å². The van der Waals surface area contributed by atoms with Crippen LogP contribution in [0.3, 0.4) is 0 Å². The van der Waals surface area contributed by atoms with Crippen LogP contribution in [0.15, 0.2) is 53.3 Å². The first-order valence-corrected chi connectivity index (χ1v) is 8.19. The number of H-pyrrole nitrogens is 1. The highest BCUT2D eigenvalue weighted by Crippen LogP contribution is 2.28. The average Bonchev–Trinajstić information content (AvgIpc) is 2.62. The van der Waals surface area contributed by atoms with E-state index in [0.717, 1.165) is 5.39 Å². The number of hydrogen-bond acceptors (Lipinski definition) is 3. The molecule has 1 aromatic heterocycles. The van der Waals surface area contributed by atoms with Gasteiger partial charge in [0, 0.05) is 23.1 Å². The Morgan fingerprint density at radius 1 is 1.20 bits per heavy atom. The predicted molar refractivity (Wildman–Crippen MR) is 98.6 cm³/mol. The molecule has 0 saturated heterocycles. The molecular weight excluding hydrogens is 340 g/mol. The van der Waals surface area contributed by atoms with Crippen LogP contribution in [0.25, 0.3) is 10.9 Å². The quantitative estimate of drug-likeness (QED) is 0.737. The van der Waals surface area contributed by atoms with Crippen molar-refractivity contribution < 1.29 is 9.53 Å². The summed E-state index contributed by atoms with van der Waals surface area (Å²) in [5.74, 6) is 0.385. The molecule has 0 fully saturated rings. The van der Waals surface area contributed by atoms with Gasteiger partial charge in [-0.15, -0.1) is 0 Å². The summed E-state index contributed by atoms with van der Waals surface area (Å²) in [5, 5.41) is 4.08. The Labute approximate surface area is 149 Å². The molecule has 0 aliphatic carbocycles. The van der Waals surface area contributed by atoms with Gasteiger partial charge in [-0.25, -0.2) is 0 Å². The molecule has 0 saturated carbocycles. The lowest BCUT2D eigenvalue weighted by Crippen LogP contribution is -2.27. The van der Waals surface area contributed by atoms with Gasteiger partial charge in [0.25, 0.3) is 11.5 Å². The van der Waals surface area contributed by atoms with Crippen molar-refractivity contribution in [3.05, 3.63) is 75.0 Å². The summed E-state index contributed by atoms with van der Waals surface area (Å²) >= 11 is 6.08. The first kappa shape index (κ1) is 17.0. The highest BCUT2D eigenvalue weighted by atomic mass is 35.5. The maximum Gasteiger partial charge on any atom is 0.251 e. The highest BCUT2D eigenvalue weighted by molar-refractivity contribution is 6.32. The molecule has 0 atom stereocenters. The molecule has 0 spiro atoms. The van der Waals surface area contributed by atoms with Crippen molar-refractivity contribution >= 4 is 28.4 Å². The van der Waals surface area contributed by atoms with E-state index in [2.05, 4.69) is 10.3 Å². The van der Waals surface area contributed by atoms with Crippen LogP contribution >= 0.6 is 11.6 Å². The number of fused-ring (bicyclic) bond motifs is 1. The molecule has 6 heteroatoms. The molecule has 3 rings (SSSR count). The topological polar surface area (TPSA) is 71.2 Å². The van der Waals surface area contributed by atoms with E-state index in [0.29, 0.717) is 40.4 Å². The van der Waals surface area contributed by atoms with Crippen molar-refractivity contribution in [2.24, 2.45) is 0 Å². The molecule has 2 aromatic carbocycles. The summed E-state index contributed by atoms with van der Waals surface area (Å²) < 4.78 is 5.20. The van der Waals surface area contributed by atoms with Gasteiger partial charge >= 0.3 is 0 Å². The number of halogens is 1. The second-order valence-electron chi connectivity index (χ2n) is 5.57. The minimum absolute atomic E-state index is 0.161. The zero-order valence-electron chi connectivity index (χ0n) is 13.6. The molecule has 0 bridgehead atoms. The molecule has 128 valence electrons. The lowest BCUT2D eigenvalue weighted by Gasteiger charge is -2.08. The predicted octanol–water partition coefficient (Wildman–Crippen LogP) is 3.16. The molecular formula is C19H17ClN2O3. The van der Waals surface area contributed by atoms with E-state index in [9.17, 15) is 9.59 Å². The van der Waals surface area contributed by atoms with Gasteiger partial charge in [-0.05, 0) is 36.8 Å². The van der Waals surface area contributed by atoms with Crippen molar-refractivity contribution in [3.8, 4) is 5.75 Å². The van der Waals surface area contributed by atoms with Crippen LogP contribution in [0.5, 0.6) is 5.75 Å². The Morgan fingerprint density at radius 2 is 1.96 bits per heavy atom. The van der Waals surface area contributed by atoms with Gasteiger partial charge in [0.15, 0.2) is 0 Å². The van der Waals surface area contributed by atoms with Crippen LogP contribution in [0.2, 0.25) is 5.02 Å². The first-order chi connectivity index (χ1) is 12.1. The van der Waals surface area contributed by atoms with E-state index in [1.165, 1.54) is 0 Å². The second-order valence-corrected chi connectivity index (χ2v) is 5.98. The number of rotatable bonds is 5. The van der Waals surface area contributed by atoms with Crippen molar-refractivity contribution in [1.29, 1.82) is 0 Å². The zero-order chi connectivity index (χ0) is 17.8. The molecule has 0 radical (unpaired) electrons. The van der Waals surface area contributed by atoms with Crippen LogP contribution in [0, 0.1) is 0 Å². The van der Waals surface area contributed by atoms with Gasteiger partial charge in [-0.2, -0.15) is 0 Å². The van der Waals surface area contributed by atoms with Gasteiger partial charge in [0.2, 0.25) is 0 Å². The van der Waals surface area contributed by atoms with Crippen LogP contribution in [-0.2, 0) is 6.42 Å². The monoisotopic (exact) mass is 356 g/mol. The third-order valence-corrected chi connectivity index (χ3v) is 4.20. The van der Waals surface area contributed by atoms with E-state index in [4.69, 9.17) is 16.3 Å². The number of ether oxygens (including phenoxy) is 1. The van der Waals surface area contributed by atoms with Crippen LogP contribution in [0.4, 0.5) is 0 Å². The third kappa shape index (κ3) is 3.83. The number of amides is 1. The molecule has 0 aliphatic rings. The van der Waals surface area contributed by atoms with Gasteiger partial charge in [0.1, 0.15) is 5.75 Å². The Hall–Kier alpha value is -2.79. The average molecular weight is 357 g/mol. The SMILES string of the molecule is COc1cc2cc(CCNC(=O)c3ccccc3)c(=O)[nH]c2cc1Cl. The smallest absolute Gasteiger partial charge is 0.251 e. The summed E-state index contributed by atoms with van der Waals surface area (Å²) in [6, 6.07) is 14.2. The number of carbonyl (C=O) groups is 1. The number of nitrogens with one attached hydrogen (secondary N) is 2. The van der Waals surface area contributed by atoms with Gasteiger partial charge in [-0.3, -0.25) is 9.59 Å². The maximum atomic E-state index is 12.2. The molecule has 1 amide bonds. The molecule has 2 N–H and O–H groups in total. The number of methoxy groups -OCH3 is 1. The second kappa shape index (κ2) is 7.40. The Morgan fingerprint density at radius 3 is 2.68 bits per heavy atom. The molecule has 25 heavy (non-hydrogen) atoms. The lowest BCUT2D eigenvalue weighted by molar-refractivity contribution is 0.0954. The Kier molecular flexibility index (Phi) is 5.05. The minimum atomic E-state index is -0.192. The van der Waals surface area contributed by atoms with Crippen LogP contribution in [0.1, 0.15) is 15.9 Å². The van der Waals surface area contributed by atoms with Gasteiger partial charge in [-0.1, -0.05) is 29.8 Å². The van der Waals surface area contributed by atoms with E-state index >= 15 is 0 Å². The van der Waals surface area contributed by atoms with Crippen LogP contribution in [-0.4, -0.2) is 24.5 Å². The summed E-state index contributed by atoms with van der Waals surface area (Å²) in [6.45, 7) is 0.368. The number of aromatic nitrogens is 1. The van der Waals surface area contributed by atoms with E-state index in [-0.39, 0.29) is 11.5 Å². The maximum absolute atomic E-state index is 12.2. The summed E-state index contributed by atoms with van der Waals surface area (Å²) in [5.41, 5.74) is 1.63. The van der Waals surface area contributed by atoms with Crippen molar-refractivity contribution in [3.63, 3.8) is 0 Å². The van der Waals surface area contributed by atoms with E-state index in [1.807, 2.05) is 18.2 Å². The molecule has 1 heterocycles. The standard InChI is InChI=1S/C19H17ClN2O3/c1-25-17-10-14-9-13(19(24)22-16(14)11-15(17)20)7-8-21-18(23)12-5-3-2-4-6-12/h2-6,9-11H,7-8H2,1H3,(H,21,23)(H,22,24). The number of aromatic amines is 1. The summed E-state index contributed by atoms with van der Waals surface area (Å²) in [4.78, 5) is 27.0. The first-order valence-electron chi connectivity index (χ1n) is 7.81. The van der Waals surface area contributed by atoms with Crippen molar-refractivity contribution in [2.45, 2.75) is 6.42 Å². The fraction of sp³-hybridized carbons (Fsp3) is 0.158. The van der Waals surface area contributed by atoms with E-state index < -0.39 is 0 Å². The molecule has 5 nitrogen and oxygen atoms in total. The lowest BCUT2D eigenvalue weighted by atomic mass is 10.1.